The molecule has 0 amide bonds. The molecule has 0 saturated carbocycles. The van der Waals surface area contributed by atoms with Crippen LogP contribution in [-0.4, -0.2) is 42.2 Å². The van der Waals surface area contributed by atoms with Gasteiger partial charge in [-0.15, -0.1) is 0 Å². The fraction of sp³-hybridized carbons (Fsp3) is 0. The summed E-state index contributed by atoms with van der Waals surface area (Å²) in [4.78, 5) is 0. The molecule has 0 unspecified atom stereocenters. The van der Waals surface area contributed by atoms with Crippen LogP contribution < -0.4 is 0 Å². The summed E-state index contributed by atoms with van der Waals surface area (Å²) >= 11 is -2.65. The molecule has 40 valence electrons. The molecule has 0 radical (unpaired) electrons. The van der Waals surface area contributed by atoms with Crippen molar-refractivity contribution in [3.8, 4) is 0 Å². The average molecular weight is 244 g/mol. The van der Waals surface area contributed by atoms with Crippen molar-refractivity contribution in [2.24, 2.45) is 0 Å². The van der Waals surface area contributed by atoms with Gasteiger partial charge in [0.05, 0.1) is 0 Å². The Morgan fingerprint density at radius 2 is 1.00 bits per heavy atom. The monoisotopic (exact) mass is 242 g/mol. The standard InChI is InChI=1S/Al.Ca.5ClH/h;;5*1H/q+3;+2;;;;;/p-5. The minimum atomic E-state index is -1.72. The van der Waals surface area contributed by atoms with Crippen molar-refractivity contribution in [2.45, 2.75) is 0 Å². The molecule has 0 atom stereocenters. The summed E-state index contributed by atoms with van der Waals surface area (Å²) in [5.41, 5.74) is 0. The number of halogens is 5. The predicted octanol–water partition coefficient (Wildman–Crippen LogP) is 2.69. The van der Waals surface area contributed by atoms with Gasteiger partial charge in [0.2, 0.25) is 0 Å². The Bertz CT molecular complexity index is 19.3. The quantitative estimate of drug-likeness (QED) is 0.575. The van der Waals surface area contributed by atoms with E-state index in [2.05, 4.69) is 0 Å². The Kier molecular flexibility index (Phi) is 22.0. The maximum absolute atomic E-state index is 4.95. The van der Waals surface area contributed by atoms with E-state index in [-0.39, 0.29) is 0 Å². The third-order valence-electron chi connectivity index (χ3n) is 0. The van der Waals surface area contributed by atoms with Crippen LogP contribution in [0.1, 0.15) is 0 Å². The molecule has 0 saturated heterocycles. The minimum absolute atomic E-state index is 0.931. The van der Waals surface area contributed by atoms with E-state index < -0.39 is 42.2 Å². The molecule has 0 aliphatic heterocycles. The van der Waals surface area contributed by atoms with E-state index in [0.717, 1.165) is 0 Å². The van der Waals surface area contributed by atoms with Crippen LogP contribution in [0.3, 0.4) is 0 Å². The van der Waals surface area contributed by atoms with E-state index in [1.54, 1.807) is 0 Å². The molecule has 0 bridgehead atoms. The zero-order chi connectivity index (χ0) is 6.28. The Morgan fingerprint density at radius 3 is 1.00 bits per heavy atom. The summed E-state index contributed by atoms with van der Waals surface area (Å²) in [6, 6.07) is 0. The van der Waals surface area contributed by atoms with Gasteiger partial charge in [-0.1, -0.05) is 0 Å². The molecule has 0 aromatic carbocycles. The summed E-state index contributed by atoms with van der Waals surface area (Å²) in [7, 11) is 14.8. The van der Waals surface area contributed by atoms with Gasteiger partial charge in [-0.05, 0) is 0 Å². The second-order valence-corrected chi connectivity index (χ2v) is 10.4. The van der Waals surface area contributed by atoms with E-state index in [4.69, 9.17) is 42.9 Å². The molecule has 7 heavy (non-hydrogen) atoms. The van der Waals surface area contributed by atoms with Crippen molar-refractivity contribution >= 4 is 85.2 Å². The van der Waals surface area contributed by atoms with Crippen molar-refractivity contribution in [2.75, 3.05) is 0 Å². The van der Waals surface area contributed by atoms with Crippen LogP contribution in [0.4, 0.5) is 0 Å². The van der Waals surface area contributed by atoms with Crippen molar-refractivity contribution in [1.82, 2.24) is 0 Å². The normalized spacial score (nSPS) is 5.29. The fourth-order valence-corrected chi connectivity index (χ4v) is 0. The van der Waals surface area contributed by atoms with E-state index >= 15 is 0 Å². The zero-order valence-electron chi connectivity index (χ0n) is 3.17. The molecule has 0 aliphatic carbocycles. The SMILES string of the molecule is [Cl][Al]([Cl])[Cl].[Cl][Ca][Cl]. The van der Waals surface area contributed by atoms with Crippen LogP contribution in [0, 0.1) is 0 Å². The van der Waals surface area contributed by atoms with Crippen LogP contribution in [0.15, 0.2) is 0 Å². The van der Waals surface area contributed by atoms with E-state index in [0.29, 0.717) is 0 Å². The van der Waals surface area contributed by atoms with Gasteiger partial charge < -0.3 is 0 Å². The van der Waals surface area contributed by atoms with Crippen molar-refractivity contribution in [1.29, 1.82) is 0 Å². The van der Waals surface area contributed by atoms with Crippen molar-refractivity contribution < 1.29 is 0 Å². The number of hydrogen-bond donors (Lipinski definition) is 0. The topological polar surface area (TPSA) is 0 Å². The van der Waals surface area contributed by atoms with Gasteiger partial charge in [0.15, 0.2) is 0 Å². The first-order valence-electron chi connectivity index (χ1n) is 1.19. The van der Waals surface area contributed by atoms with Gasteiger partial charge in [0.1, 0.15) is 0 Å². The Hall–Kier alpha value is 3.24. The third-order valence-corrected chi connectivity index (χ3v) is 0. The van der Waals surface area contributed by atoms with Crippen LogP contribution in [0.2, 0.25) is 0 Å². The molecule has 0 spiro atoms. The molecule has 0 rings (SSSR count). The van der Waals surface area contributed by atoms with Crippen LogP contribution >= 0.6 is 42.9 Å². The van der Waals surface area contributed by atoms with Crippen molar-refractivity contribution in [3.63, 3.8) is 0 Å². The second kappa shape index (κ2) is 12.0. The Morgan fingerprint density at radius 1 is 1.00 bits per heavy atom. The van der Waals surface area contributed by atoms with Crippen LogP contribution in [0.25, 0.3) is 0 Å². The molecule has 7 heteroatoms. The summed E-state index contributed by atoms with van der Waals surface area (Å²) in [6.07, 6.45) is 9.90. The zero-order valence-corrected chi connectivity index (χ0v) is 10.3. The molecule has 0 N–H and O–H groups in total. The Balaban J connectivity index is 0. The Labute approximate surface area is 83.1 Å². The van der Waals surface area contributed by atoms with Gasteiger partial charge in [-0.2, -0.15) is 0 Å². The molecule has 0 nitrogen and oxygen atoms in total. The predicted molar refractivity (Wildman–Crippen MR) is 40.8 cm³/mol. The molecule has 0 aliphatic rings. The summed E-state index contributed by atoms with van der Waals surface area (Å²) < 4.78 is 0. The van der Waals surface area contributed by atoms with E-state index in [9.17, 15) is 0 Å². The second-order valence-electron chi connectivity index (χ2n) is 0.348. The van der Waals surface area contributed by atoms with Gasteiger partial charge >= 0.3 is 55.0 Å². The van der Waals surface area contributed by atoms with Crippen LogP contribution in [0.5, 0.6) is 0 Å². The van der Waals surface area contributed by atoms with Gasteiger partial charge in [-0.3, -0.25) is 0 Å². The third kappa shape index (κ3) is 46.1. The van der Waals surface area contributed by atoms with Crippen LogP contribution in [-0.2, 0) is 0 Å². The van der Waals surface area contributed by atoms with Crippen molar-refractivity contribution in [3.05, 3.63) is 0 Å². The molecule has 0 heterocycles. The average Bonchev–Trinajstić information content (AvgIpc) is 1.33. The summed E-state index contributed by atoms with van der Waals surface area (Å²) in [5, 5.41) is 0. The molecular weight excluding hydrogens is 244 g/mol. The van der Waals surface area contributed by atoms with E-state index in [1.165, 1.54) is 0 Å². The number of hydrogen-bond acceptors (Lipinski definition) is 0. The van der Waals surface area contributed by atoms with E-state index in [1.807, 2.05) is 0 Å². The summed E-state index contributed by atoms with van der Waals surface area (Å²) in [6.45, 7) is 0. The molecule has 0 fully saturated rings. The first-order chi connectivity index (χ1) is 3.15. The van der Waals surface area contributed by atoms with Gasteiger partial charge in [0, 0.05) is 0 Å². The van der Waals surface area contributed by atoms with Gasteiger partial charge in [0.25, 0.3) is 0 Å². The number of rotatable bonds is 0. The fourth-order valence-electron chi connectivity index (χ4n) is 0. The summed E-state index contributed by atoms with van der Waals surface area (Å²) in [5.74, 6) is 0. The van der Waals surface area contributed by atoms with Gasteiger partial charge in [-0.25, -0.2) is 30.1 Å². The first-order valence-corrected chi connectivity index (χ1v) is 12.5. The molecule has 0 aromatic heterocycles. The molecular formula is AlCaCl5. The maximum atomic E-state index is 4.95. The first kappa shape index (κ1) is 12.9. The molecule has 0 aromatic rings.